The van der Waals surface area contributed by atoms with E-state index in [-0.39, 0.29) is 6.03 Å². The molecule has 7 heteroatoms. The van der Waals surface area contributed by atoms with Crippen LogP contribution in [0, 0.1) is 6.92 Å². The number of hydrogen-bond donors (Lipinski definition) is 2. The molecule has 1 aliphatic rings. The molecule has 0 aliphatic carbocycles. The number of rotatable bonds is 2. The summed E-state index contributed by atoms with van der Waals surface area (Å²) in [4.78, 5) is 18.0. The number of urea groups is 1. The van der Waals surface area contributed by atoms with Crippen LogP contribution in [0.2, 0.25) is 0 Å². The third-order valence-electron chi connectivity index (χ3n) is 3.39. The maximum Gasteiger partial charge on any atom is 0.321 e. The molecule has 1 aliphatic heterocycles. The summed E-state index contributed by atoms with van der Waals surface area (Å²) in [6, 6.07) is 7.03. The van der Waals surface area contributed by atoms with Crippen molar-refractivity contribution in [2.45, 2.75) is 19.4 Å². The van der Waals surface area contributed by atoms with Crippen LogP contribution in [0.5, 0.6) is 0 Å². The molecule has 110 valence electrons. The van der Waals surface area contributed by atoms with Gasteiger partial charge in [0.2, 0.25) is 11.7 Å². The van der Waals surface area contributed by atoms with E-state index in [0.29, 0.717) is 42.5 Å². The molecule has 7 nitrogen and oxygen atoms in total. The summed E-state index contributed by atoms with van der Waals surface area (Å²) < 4.78 is 4.98. The largest absolute Gasteiger partial charge is 0.391 e. The summed E-state index contributed by atoms with van der Waals surface area (Å²) in [5.74, 6) is 0.902. The number of carbonyl (C=O) groups is 1. The average Bonchev–Trinajstić information content (AvgIpc) is 3.08. The zero-order chi connectivity index (χ0) is 14.8. The smallest absolute Gasteiger partial charge is 0.321 e. The Morgan fingerprint density at radius 1 is 1.48 bits per heavy atom. The number of para-hydroxylation sites is 1. The minimum absolute atomic E-state index is 0.237. The van der Waals surface area contributed by atoms with Gasteiger partial charge in [0, 0.05) is 25.6 Å². The molecule has 1 aromatic heterocycles. The standard InChI is InChI=1S/C14H16N4O3/c1-9-15-13(17-21-9)11-4-2-3-5-12(11)16-14(20)18-7-6-10(19)8-18/h2-5,10,19H,6-8H2,1H3,(H,16,20)/t10-/m0/s1. The fourth-order valence-corrected chi connectivity index (χ4v) is 2.32. The van der Waals surface area contributed by atoms with E-state index in [1.807, 2.05) is 18.2 Å². The molecule has 0 unspecified atom stereocenters. The van der Waals surface area contributed by atoms with E-state index in [4.69, 9.17) is 4.52 Å². The zero-order valence-corrected chi connectivity index (χ0v) is 11.6. The second-order valence-electron chi connectivity index (χ2n) is 5.00. The van der Waals surface area contributed by atoms with Gasteiger partial charge in [-0.15, -0.1) is 0 Å². The minimum Gasteiger partial charge on any atom is -0.391 e. The monoisotopic (exact) mass is 288 g/mol. The molecule has 0 bridgehead atoms. The number of nitrogens with zero attached hydrogens (tertiary/aromatic N) is 3. The molecule has 21 heavy (non-hydrogen) atoms. The Labute approximate surface area is 121 Å². The Morgan fingerprint density at radius 3 is 2.95 bits per heavy atom. The van der Waals surface area contributed by atoms with E-state index in [2.05, 4.69) is 15.5 Å². The number of aliphatic hydroxyl groups excluding tert-OH is 1. The van der Waals surface area contributed by atoms with Crippen molar-refractivity contribution in [3.8, 4) is 11.4 Å². The third-order valence-corrected chi connectivity index (χ3v) is 3.39. The maximum absolute atomic E-state index is 12.2. The Morgan fingerprint density at radius 2 is 2.29 bits per heavy atom. The fraction of sp³-hybridized carbons (Fsp3) is 0.357. The molecular weight excluding hydrogens is 272 g/mol. The predicted octanol–water partition coefficient (Wildman–Crippen LogP) is 1.64. The topological polar surface area (TPSA) is 91.5 Å². The lowest BCUT2D eigenvalue weighted by molar-refractivity contribution is 0.176. The van der Waals surface area contributed by atoms with Gasteiger partial charge < -0.3 is 19.8 Å². The van der Waals surface area contributed by atoms with Gasteiger partial charge in [0.05, 0.1) is 11.8 Å². The van der Waals surface area contributed by atoms with Gasteiger partial charge in [0.25, 0.3) is 0 Å². The number of hydrogen-bond acceptors (Lipinski definition) is 5. The normalized spacial score (nSPS) is 18.0. The molecule has 1 fully saturated rings. The van der Waals surface area contributed by atoms with E-state index in [0.717, 1.165) is 0 Å². The number of nitrogens with one attached hydrogen (secondary N) is 1. The SMILES string of the molecule is Cc1nc(-c2ccccc2NC(=O)N2CC[C@H](O)C2)no1. The average molecular weight is 288 g/mol. The summed E-state index contributed by atoms with van der Waals surface area (Å²) in [6.07, 6.45) is 0.171. The molecule has 2 aromatic rings. The number of aryl methyl sites for hydroxylation is 1. The van der Waals surface area contributed by atoms with Crippen LogP contribution in [0.3, 0.4) is 0 Å². The Bertz CT molecular complexity index is 655. The second kappa shape index (κ2) is 5.53. The lowest BCUT2D eigenvalue weighted by Crippen LogP contribution is -2.33. The highest BCUT2D eigenvalue weighted by molar-refractivity contribution is 5.93. The lowest BCUT2D eigenvalue weighted by Gasteiger charge is -2.17. The second-order valence-corrected chi connectivity index (χ2v) is 5.00. The summed E-state index contributed by atoms with van der Waals surface area (Å²) >= 11 is 0. The van der Waals surface area contributed by atoms with Crippen molar-refractivity contribution in [1.82, 2.24) is 15.0 Å². The van der Waals surface area contributed by atoms with Crippen LogP contribution in [0.1, 0.15) is 12.3 Å². The highest BCUT2D eigenvalue weighted by Gasteiger charge is 2.25. The molecular formula is C14H16N4O3. The van der Waals surface area contributed by atoms with E-state index in [1.54, 1.807) is 17.9 Å². The number of aliphatic hydroxyl groups is 1. The van der Waals surface area contributed by atoms with Crippen molar-refractivity contribution >= 4 is 11.7 Å². The van der Waals surface area contributed by atoms with Gasteiger partial charge in [-0.1, -0.05) is 17.3 Å². The summed E-state index contributed by atoms with van der Waals surface area (Å²) in [5, 5.41) is 16.2. The first-order valence-electron chi connectivity index (χ1n) is 6.77. The molecule has 1 atom stereocenters. The third kappa shape index (κ3) is 2.87. The van der Waals surface area contributed by atoms with Crippen LogP contribution in [0.4, 0.5) is 10.5 Å². The number of likely N-dealkylation sites (tertiary alicyclic amines) is 1. The number of anilines is 1. The Hall–Kier alpha value is -2.41. The first kappa shape index (κ1) is 13.6. The van der Waals surface area contributed by atoms with E-state index >= 15 is 0 Å². The number of carbonyl (C=O) groups excluding carboxylic acids is 1. The Kier molecular flexibility index (Phi) is 3.57. The number of amides is 2. The van der Waals surface area contributed by atoms with Gasteiger partial charge in [-0.2, -0.15) is 4.98 Å². The van der Waals surface area contributed by atoms with Gasteiger partial charge in [-0.05, 0) is 18.6 Å². The molecule has 2 amide bonds. The summed E-state index contributed by atoms with van der Waals surface area (Å²) in [7, 11) is 0. The molecule has 3 rings (SSSR count). The first-order chi connectivity index (χ1) is 10.1. The van der Waals surface area contributed by atoms with Crippen molar-refractivity contribution in [1.29, 1.82) is 0 Å². The van der Waals surface area contributed by atoms with Crippen molar-refractivity contribution in [2.24, 2.45) is 0 Å². The fourth-order valence-electron chi connectivity index (χ4n) is 2.32. The number of benzene rings is 1. The van der Waals surface area contributed by atoms with Gasteiger partial charge in [0.15, 0.2) is 0 Å². The van der Waals surface area contributed by atoms with Gasteiger partial charge in [-0.25, -0.2) is 4.79 Å². The maximum atomic E-state index is 12.2. The van der Waals surface area contributed by atoms with Crippen LogP contribution in [-0.4, -0.2) is 45.4 Å². The quantitative estimate of drug-likeness (QED) is 0.876. The predicted molar refractivity (Wildman–Crippen MR) is 75.7 cm³/mol. The molecule has 2 heterocycles. The molecule has 0 spiro atoms. The minimum atomic E-state index is -0.439. The van der Waals surface area contributed by atoms with Gasteiger partial charge in [-0.3, -0.25) is 0 Å². The molecule has 1 aromatic carbocycles. The Balaban J connectivity index is 1.81. The van der Waals surface area contributed by atoms with E-state index < -0.39 is 6.10 Å². The van der Waals surface area contributed by atoms with Crippen LogP contribution < -0.4 is 5.32 Å². The van der Waals surface area contributed by atoms with Gasteiger partial charge in [0.1, 0.15) is 0 Å². The van der Waals surface area contributed by atoms with Gasteiger partial charge >= 0.3 is 6.03 Å². The van der Waals surface area contributed by atoms with E-state index in [9.17, 15) is 9.90 Å². The number of β-amino-alcohol motifs (C(OH)–C–C–N with tert-alkyl or cyclic N) is 1. The van der Waals surface area contributed by atoms with Crippen molar-refractivity contribution < 1.29 is 14.4 Å². The first-order valence-corrected chi connectivity index (χ1v) is 6.77. The molecule has 1 saturated heterocycles. The molecule has 0 radical (unpaired) electrons. The van der Waals surface area contributed by atoms with Crippen molar-refractivity contribution in [3.05, 3.63) is 30.2 Å². The van der Waals surface area contributed by atoms with Crippen molar-refractivity contribution in [2.75, 3.05) is 18.4 Å². The number of aromatic nitrogens is 2. The van der Waals surface area contributed by atoms with Crippen LogP contribution in [0.15, 0.2) is 28.8 Å². The highest BCUT2D eigenvalue weighted by atomic mass is 16.5. The lowest BCUT2D eigenvalue weighted by atomic mass is 10.1. The molecule has 2 N–H and O–H groups in total. The van der Waals surface area contributed by atoms with Crippen molar-refractivity contribution in [3.63, 3.8) is 0 Å². The zero-order valence-electron chi connectivity index (χ0n) is 11.6. The van der Waals surface area contributed by atoms with Crippen LogP contribution >= 0.6 is 0 Å². The van der Waals surface area contributed by atoms with Crippen LogP contribution in [-0.2, 0) is 0 Å². The summed E-state index contributed by atoms with van der Waals surface area (Å²) in [6.45, 7) is 2.62. The molecule has 0 saturated carbocycles. The van der Waals surface area contributed by atoms with E-state index in [1.165, 1.54) is 0 Å². The van der Waals surface area contributed by atoms with Crippen LogP contribution in [0.25, 0.3) is 11.4 Å². The summed E-state index contributed by atoms with van der Waals surface area (Å²) in [5.41, 5.74) is 1.31. The highest BCUT2D eigenvalue weighted by Crippen LogP contribution is 2.26.